The first-order chi connectivity index (χ1) is 7.25. The lowest BCUT2D eigenvalue weighted by molar-refractivity contribution is 0.459. The van der Waals surface area contributed by atoms with Crippen molar-refractivity contribution in [3.8, 4) is 0 Å². The van der Waals surface area contributed by atoms with Gasteiger partial charge < -0.3 is 5.32 Å². The van der Waals surface area contributed by atoms with E-state index in [0.29, 0.717) is 11.8 Å². The zero-order valence-corrected chi connectivity index (χ0v) is 10.4. The van der Waals surface area contributed by atoms with E-state index in [4.69, 9.17) is 4.98 Å². The molecule has 1 fully saturated rings. The summed E-state index contributed by atoms with van der Waals surface area (Å²) < 4.78 is 0. The van der Waals surface area contributed by atoms with Crippen LogP contribution in [0.4, 0.5) is 0 Å². The van der Waals surface area contributed by atoms with E-state index in [1.54, 1.807) is 0 Å². The summed E-state index contributed by atoms with van der Waals surface area (Å²) in [5.41, 5.74) is 1.29. The highest BCUT2D eigenvalue weighted by Gasteiger charge is 2.18. The van der Waals surface area contributed by atoms with Crippen LogP contribution in [0.5, 0.6) is 0 Å². The highest BCUT2D eigenvalue weighted by Crippen LogP contribution is 2.26. The minimum Gasteiger partial charge on any atom is -0.316 e. The first-order valence-corrected chi connectivity index (χ1v) is 6.78. The molecule has 0 aromatic carbocycles. The van der Waals surface area contributed by atoms with E-state index in [9.17, 15) is 0 Å². The molecule has 1 aliphatic rings. The predicted molar refractivity (Wildman–Crippen MR) is 65.5 cm³/mol. The zero-order valence-electron chi connectivity index (χ0n) is 9.62. The molecule has 3 heteroatoms. The Hall–Kier alpha value is -0.410. The number of aromatic nitrogens is 1. The van der Waals surface area contributed by atoms with Crippen molar-refractivity contribution in [2.24, 2.45) is 5.92 Å². The van der Waals surface area contributed by atoms with Crippen LogP contribution in [0, 0.1) is 5.92 Å². The van der Waals surface area contributed by atoms with Crippen LogP contribution in [0.25, 0.3) is 0 Å². The molecule has 1 aromatic heterocycles. The molecule has 2 heterocycles. The van der Waals surface area contributed by atoms with Gasteiger partial charge in [-0.15, -0.1) is 11.3 Å². The smallest absolute Gasteiger partial charge is 0.0971 e. The summed E-state index contributed by atoms with van der Waals surface area (Å²) in [4.78, 5) is 4.75. The van der Waals surface area contributed by atoms with Gasteiger partial charge in [0.1, 0.15) is 0 Å². The van der Waals surface area contributed by atoms with Gasteiger partial charge >= 0.3 is 0 Å². The van der Waals surface area contributed by atoms with Gasteiger partial charge in [0, 0.05) is 17.8 Å². The number of hydrogen-bond acceptors (Lipinski definition) is 3. The Kier molecular flexibility index (Phi) is 3.76. The Bertz CT molecular complexity index is 300. The van der Waals surface area contributed by atoms with Crippen LogP contribution in [0.1, 0.15) is 43.3 Å². The SMILES string of the molecule is CC(C)Cc1csc(C2CCCNC2)n1. The fourth-order valence-electron chi connectivity index (χ4n) is 2.08. The van der Waals surface area contributed by atoms with E-state index in [2.05, 4.69) is 24.5 Å². The highest BCUT2D eigenvalue weighted by atomic mass is 32.1. The molecular formula is C12H20N2S. The van der Waals surface area contributed by atoms with E-state index in [-0.39, 0.29) is 0 Å². The maximum atomic E-state index is 4.75. The first kappa shape index (κ1) is 11.1. The molecule has 2 nitrogen and oxygen atoms in total. The molecule has 1 saturated heterocycles. The normalized spacial score (nSPS) is 22.2. The molecule has 1 aromatic rings. The Morgan fingerprint density at radius 1 is 1.60 bits per heavy atom. The van der Waals surface area contributed by atoms with Crippen molar-refractivity contribution in [2.45, 2.75) is 39.0 Å². The molecule has 0 amide bonds. The fourth-order valence-corrected chi connectivity index (χ4v) is 3.05. The van der Waals surface area contributed by atoms with Gasteiger partial charge in [0.05, 0.1) is 10.7 Å². The summed E-state index contributed by atoms with van der Waals surface area (Å²) in [6.07, 6.45) is 3.72. The van der Waals surface area contributed by atoms with Gasteiger partial charge in [0.2, 0.25) is 0 Å². The lowest BCUT2D eigenvalue weighted by Crippen LogP contribution is -2.28. The number of nitrogens with one attached hydrogen (secondary N) is 1. The molecule has 84 valence electrons. The lowest BCUT2D eigenvalue weighted by atomic mass is 10.0. The van der Waals surface area contributed by atoms with E-state index < -0.39 is 0 Å². The highest BCUT2D eigenvalue weighted by molar-refractivity contribution is 7.09. The van der Waals surface area contributed by atoms with Crippen molar-refractivity contribution >= 4 is 11.3 Å². The summed E-state index contributed by atoms with van der Waals surface area (Å²) in [5, 5.41) is 7.04. The van der Waals surface area contributed by atoms with Gasteiger partial charge in [-0.3, -0.25) is 0 Å². The number of piperidine rings is 1. The van der Waals surface area contributed by atoms with E-state index >= 15 is 0 Å². The molecule has 0 saturated carbocycles. The van der Waals surface area contributed by atoms with Crippen LogP contribution < -0.4 is 5.32 Å². The monoisotopic (exact) mass is 224 g/mol. The quantitative estimate of drug-likeness (QED) is 0.854. The van der Waals surface area contributed by atoms with E-state index in [0.717, 1.165) is 13.0 Å². The second kappa shape index (κ2) is 5.08. The first-order valence-electron chi connectivity index (χ1n) is 5.90. The number of nitrogens with zero attached hydrogens (tertiary/aromatic N) is 1. The molecule has 15 heavy (non-hydrogen) atoms. The largest absolute Gasteiger partial charge is 0.316 e. The van der Waals surface area contributed by atoms with Crippen molar-refractivity contribution in [2.75, 3.05) is 13.1 Å². The zero-order chi connectivity index (χ0) is 10.7. The van der Waals surface area contributed by atoms with Crippen LogP contribution in [-0.4, -0.2) is 18.1 Å². The summed E-state index contributed by atoms with van der Waals surface area (Å²) in [6, 6.07) is 0. The summed E-state index contributed by atoms with van der Waals surface area (Å²) in [6.45, 7) is 6.80. The molecule has 1 aliphatic heterocycles. The molecule has 0 aliphatic carbocycles. The Morgan fingerprint density at radius 3 is 3.13 bits per heavy atom. The van der Waals surface area contributed by atoms with Gasteiger partial charge in [-0.25, -0.2) is 4.98 Å². The summed E-state index contributed by atoms with van der Waals surface area (Å²) in [5.74, 6) is 1.38. The molecule has 0 radical (unpaired) electrons. The van der Waals surface area contributed by atoms with Crippen LogP contribution in [0.2, 0.25) is 0 Å². The maximum absolute atomic E-state index is 4.75. The van der Waals surface area contributed by atoms with Gasteiger partial charge in [0.15, 0.2) is 0 Å². The topological polar surface area (TPSA) is 24.9 Å². The minimum absolute atomic E-state index is 0.671. The van der Waals surface area contributed by atoms with Crippen molar-refractivity contribution in [1.82, 2.24) is 10.3 Å². The van der Waals surface area contributed by atoms with E-state index in [1.807, 2.05) is 11.3 Å². The third kappa shape index (κ3) is 3.02. The molecule has 2 rings (SSSR count). The summed E-state index contributed by atoms with van der Waals surface area (Å²) >= 11 is 1.85. The predicted octanol–water partition coefficient (Wildman–Crippen LogP) is 2.81. The van der Waals surface area contributed by atoms with Gasteiger partial charge in [-0.1, -0.05) is 13.8 Å². The molecule has 0 spiro atoms. The number of hydrogen-bond donors (Lipinski definition) is 1. The molecule has 1 unspecified atom stereocenters. The minimum atomic E-state index is 0.671. The van der Waals surface area contributed by atoms with Crippen molar-refractivity contribution < 1.29 is 0 Å². The fraction of sp³-hybridized carbons (Fsp3) is 0.750. The maximum Gasteiger partial charge on any atom is 0.0971 e. The van der Waals surface area contributed by atoms with Crippen LogP contribution >= 0.6 is 11.3 Å². The third-order valence-electron chi connectivity index (χ3n) is 2.83. The average Bonchev–Trinajstić information content (AvgIpc) is 2.67. The lowest BCUT2D eigenvalue weighted by Gasteiger charge is -2.20. The molecule has 1 N–H and O–H groups in total. The average molecular weight is 224 g/mol. The van der Waals surface area contributed by atoms with Crippen LogP contribution in [0.3, 0.4) is 0 Å². The van der Waals surface area contributed by atoms with Gasteiger partial charge in [0.25, 0.3) is 0 Å². The van der Waals surface area contributed by atoms with Gasteiger partial charge in [-0.2, -0.15) is 0 Å². The molecule has 1 atom stereocenters. The second-order valence-electron chi connectivity index (χ2n) is 4.82. The Balaban J connectivity index is 1.99. The Labute approximate surface area is 96.1 Å². The van der Waals surface area contributed by atoms with E-state index in [1.165, 1.54) is 30.1 Å². The van der Waals surface area contributed by atoms with Crippen molar-refractivity contribution in [3.05, 3.63) is 16.1 Å². The van der Waals surface area contributed by atoms with Gasteiger partial charge in [-0.05, 0) is 31.7 Å². The second-order valence-corrected chi connectivity index (χ2v) is 5.71. The number of rotatable bonds is 3. The number of thiazole rings is 1. The van der Waals surface area contributed by atoms with Crippen molar-refractivity contribution in [1.29, 1.82) is 0 Å². The third-order valence-corrected chi connectivity index (χ3v) is 3.89. The standard InChI is InChI=1S/C12H20N2S/c1-9(2)6-11-8-15-12(14-11)10-4-3-5-13-7-10/h8-10,13H,3-7H2,1-2H3. The van der Waals surface area contributed by atoms with Crippen molar-refractivity contribution in [3.63, 3.8) is 0 Å². The van der Waals surface area contributed by atoms with Crippen LogP contribution in [0.15, 0.2) is 5.38 Å². The molecule has 0 bridgehead atoms. The van der Waals surface area contributed by atoms with Crippen LogP contribution in [-0.2, 0) is 6.42 Å². The summed E-state index contributed by atoms with van der Waals surface area (Å²) in [7, 11) is 0. The molecular weight excluding hydrogens is 204 g/mol. The Morgan fingerprint density at radius 2 is 2.47 bits per heavy atom.